The predicted molar refractivity (Wildman–Crippen MR) is 93.5 cm³/mol. The van der Waals surface area contributed by atoms with Crippen LogP contribution in [0.1, 0.15) is 48.5 Å². The fourth-order valence-electron chi connectivity index (χ4n) is 2.43. The Labute approximate surface area is 136 Å². The molecular formula is C18H23NO2S. The van der Waals surface area contributed by atoms with Crippen molar-refractivity contribution in [3.63, 3.8) is 0 Å². The fourth-order valence-corrected chi connectivity index (χ4v) is 3.45. The van der Waals surface area contributed by atoms with E-state index in [4.69, 9.17) is 10.5 Å². The van der Waals surface area contributed by atoms with Crippen LogP contribution in [0.4, 0.5) is 5.00 Å². The van der Waals surface area contributed by atoms with E-state index < -0.39 is 0 Å². The zero-order chi connectivity index (χ0) is 16.3. The van der Waals surface area contributed by atoms with Crippen LogP contribution in [0.3, 0.4) is 0 Å². The summed E-state index contributed by atoms with van der Waals surface area (Å²) >= 11 is 1.48. The Morgan fingerprint density at radius 2 is 1.82 bits per heavy atom. The number of rotatable bonds is 5. The van der Waals surface area contributed by atoms with E-state index in [2.05, 4.69) is 38.1 Å². The number of hydrogen-bond donors (Lipinski definition) is 1. The Kier molecular flexibility index (Phi) is 5.24. The number of carbonyl (C=O) groups excluding carboxylic acids is 1. The summed E-state index contributed by atoms with van der Waals surface area (Å²) in [5.74, 6) is -0.335. The lowest BCUT2D eigenvalue weighted by molar-refractivity contribution is 0.0380. The molecule has 4 heteroatoms. The molecule has 118 valence electrons. The van der Waals surface area contributed by atoms with Gasteiger partial charge in [-0.2, -0.15) is 0 Å². The first-order chi connectivity index (χ1) is 10.5. The molecule has 0 saturated heterocycles. The fraction of sp³-hybridized carbons (Fsp3) is 0.389. The van der Waals surface area contributed by atoms with Crippen molar-refractivity contribution in [2.24, 2.45) is 0 Å². The average Bonchev–Trinajstić information content (AvgIpc) is 2.83. The van der Waals surface area contributed by atoms with Crippen LogP contribution in [-0.2, 0) is 17.6 Å². The molecule has 1 heterocycles. The van der Waals surface area contributed by atoms with E-state index in [0.29, 0.717) is 10.6 Å². The minimum atomic E-state index is -0.335. The van der Waals surface area contributed by atoms with Gasteiger partial charge in [0, 0.05) is 10.4 Å². The van der Waals surface area contributed by atoms with Gasteiger partial charge in [0.1, 0.15) is 10.6 Å². The van der Waals surface area contributed by atoms with Crippen LogP contribution < -0.4 is 5.73 Å². The third-order valence-electron chi connectivity index (χ3n) is 3.53. The summed E-state index contributed by atoms with van der Waals surface area (Å²) in [7, 11) is 0. The Morgan fingerprint density at radius 1 is 1.18 bits per heavy atom. The normalized spacial score (nSPS) is 11.0. The number of anilines is 1. The number of esters is 1. The number of hydrogen-bond acceptors (Lipinski definition) is 4. The maximum absolute atomic E-state index is 12.4. The number of carbonyl (C=O) groups is 1. The van der Waals surface area contributed by atoms with E-state index in [9.17, 15) is 4.79 Å². The molecule has 0 aliphatic carbocycles. The summed E-state index contributed by atoms with van der Waals surface area (Å²) in [6, 6.07) is 8.32. The molecule has 0 radical (unpaired) electrons. The third kappa shape index (κ3) is 3.33. The second kappa shape index (κ2) is 6.97. The highest BCUT2D eigenvalue weighted by molar-refractivity contribution is 7.17. The van der Waals surface area contributed by atoms with Crippen LogP contribution in [0.5, 0.6) is 0 Å². The highest BCUT2D eigenvalue weighted by atomic mass is 32.1. The molecule has 3 nitrogen and oxygen atoms in total. The van der Waals surface area contributed by atoms with Crippen LogP contribution in [0.25, 0.3) is 11.1 Å². The molecule has 0 amide bonds. The number of aryl methyl sites for hydroxylation is 2. The SMILES string of the molecule is CCc1ccc(-c2c(CC)sc(N)c2C(=O)OC(C)C)cc1. The minimum absolute atomic E-state index is 0.160. The molecule has 0 bridgehead atoms. The molecular weight excluding hydrogens is 294 g/mol. The standard InChI is InChI=1S/C18H23NO2S/c1-5-12-7-9-13(10-8-12)15-14(6-2)22-17(19)16(15)18(20)21-11(3)4/h7-11H,5-6,19H2,1-4H3. The lowest BCUT2D eigenvalue weighted by atomic mass is 9.98. The number of ether oxygens (including phenoxy) is 1. The number of nitrogen functional groups attached to an aromatic ring is 1. The van der Waals surface area contributed by atoms with E-state index in [0.717, 1.165) is 28.8 Å². The van der Waals surface area contributed by atoms with Crippen molar-refractivity contribution < 1.29 is 9.53 Å². The summed E-state index contributed by atoms with van der Waals surface area (Å²) in [4.78, 5) is 13.5. The molecule has 1 aromatic heterocycles. The van der Waals surface area contributed by atoms with E-state index in [1.54, 1.807) is 0 Å². The van der Waals surface area contributed by atoms with Gasteiger partial charge in [-0.15, -0.1) is 11.3 Å². The third-order valence-corrected chi connectivity index (χ3v) is 4.69. The molecule has 2 rings (SSSR count). The van der Waals surface area contributed by atoms with E-state index in [1.165, 1.54) is 16.9 Å². The summed E-state index contributed by atoms with van der Waals surface area (Å²) in [6.07, 6.45) is 1.68. The number of nitrogens with two attached hydrogens (primary N) is 1. The second-order valence-electron chi connectivity index (χ2n) is 5.50. The average molecular weight is 317 g/mol. The van der Waals surface area contributed by atoms with Crippen LogP contribution in [0.15, 0.2) is 24.3 Å². The Hall–Kier alpha value is -1.81. The summed E-state index contributed by atoms with van der Waals surface area (Å²) in [6.45, 7) is 7.89. The predicted octanol–water partition coefficient (Wildman–Crippen LogP) is 4.69. The zero-order valence-corrected chi connectivity index (χ0v) is 14.4. The monoisotopic (exact) mass is 317 g/mol. The van der Waals surface area contributed by atoms with Crippen molar-refractivity contribution in [1.29, 1.82) is 0 Å². The maximum atomic E-state index is 12.4. The maximum Gasteiger partial charge on any atom is 0.342 e. The molecule has 2 aromatic rings. The Bertz CT molecular complexity index is 656. The smallest absolute Gasteiger partial charge is 0.342 e. The lowest BCUT2D eigenvalue weighted by Crippen LogP contribution is -2.13. The van der Waals surface area contributed by atoms with Crippen molar-refractivity contribution in [1.82, 2.24) is 0 Å². The Morgan fingerprint density at radius 3 is 2.32 bits per heavy atom. The van der Waals surface area contributed by atoms with Crippen molar-refractivity contribution in [3.05, 3.63) is 40.3 Å². The molecule has 0 unspecified atom stereocenters. The first-order valence-corrected chi connectivity index (χ1v) is 8.50. The van der Waals surface area contributed by atoms with Gasteiger partial charge in [-0.05, 0) is 37.8 Å². The van der Waals surface area contributed by atoms with Crippen LogP contribution in [-0.4, -0.2) is 12.1 Å². The molecule has 0 atom stereocenters. The summed E-state index contributed by atoms with van der Waals surface area (Å²) < 4.78 is 5.37. The van der Waals surface area contributed by atoms with Crippen LogP contribution in [0, 0.1) is 0 Å². The quantitative estimate of drug-likeness (QED) is 0.814. The molecule has 0 aliphatic rings. The van der Waals surface area contributed by atoms with Gasteiger partial charge in [-0.1, -0.05) is 38.1 Å². The lowest BCUT2D eigenvalue weighted by Gasteiger charge is -2.11. The molecule has 0 spiro atoms. The van der Waals surface area contributed by atoms with Gasteiger partial charge < -0.3 is 10.5 Å². The van der Waals surface area contributed by atoms with Gasteiger partial charge in [-0.3, -0.25) is 0 Å². The van der Waals surface area contributed by atoms with Crippen molar-refractivity contribution in [2.75, 3.05) is 5.73 Å². The largest absolute Gasteiger partial charge is 0.459 e. The van der Waals surface area contributed by atoms with Gasteiger partial charge in [0.05, 0.1) is 6.10 Å². The molecule has 0 aliphatic heterocycles. The molecule has 1 aromatic carbocycles. The topological polar surface area (TPSA) is 52.3 Å². The van der Waals surface area contributed by atoms with E-state index >= 15 is 0 Å². The van der Waals surface area contributed by atoms with E-state index in [-0.39, 0.29) is 12.1 Å². The highest BCUT2D eigenvalue weighted by Crippen LogP contribution is 2.39. The highest BCUT2D eigenvalue weighted by Gasteiger charge is 2.24. The molecule has 0 fully saturated rings. The molecule has 22 heavy (non-hydrogen) atoms. The molecule has 2 N–H and O–H groups in total. The van der Waals surface area contributed by atoms with Crippen molar-refractivity contribution in [3.8, 4) is 11.1 Å². The van der Waals surface area contributed by atoms with Gasteiger partial charge in [0.25, 0.3) is 0 Å². The van der Waals surface area contributed by atoms with Crippen molar-refractivity contribution in [2.45, 2.75) is 46.6 Å². The number of thiophene rings is 1. The van der Waals surface area contributed by atoms with Gasteiger partial charge in [0.15, 0.2) is 0 Å². The first-order valence-electron chi connectivity index (χ1n) is 7.69. The first kappa shape index (κ1) is 16.6. The van der Waals surface area contributed by atoms with Crippen LogP contribution >= 0.6 is 11.3 Å². The summed E-state index contributed by atoms with van der Waals surface area (Å²) in [5.41, 5.74) is 9.85. The second-order valence-corrected chi connectivity index (χ2v) is 6.63. The minimum Gasteiger partial charge on any atom is -0.459 e. The van der Waals surface area contributed by atoms with Crippen LogP contribution in [0.2, 0.25) is 0 Å². The summed E-state index contributed by atoms with van der Waals surface area (Å²) in [5, 5.41) is 0.539. The number of benzene rings is 1. The van der Waals surface area contributed by atoms with Crippen molar-refractivity contribution >= 4 is 22.3 Å². The molecule has 0 saturated carbocycles. The zero-order valence-electron chi connectivity index (χ0n) is 13.6. The van der Waals surface area contributed by atoms with Gasteiger partial charge in [-0.25, -0.2) is 4.79 Å². The van der Waals surface area contributed by atoms with Gasteiger partial charge in [0.2, 0.25) is 0 Å². The van der Waals surface area contributed by atoms with E-state index in [1.807, 2.05) is 13.8 Å². The Balaban J connectivity index is 2.54. The van der Waals surface area contributed by atoms with Gasteiger partial charge >= 0.3 is 5.97 Å².